The van der Waals surface area contributed by atoms with Gasteiger partial charge in [0.25, 0.3) is 5.91 Å². The summed E-state index contributed by atoms with van der Waals surface area (Å²) in [6, 6.07) is 9.21. The van der Waals surface area contributed by atoms with Gasteiger partial charge >= 0.3 is 6.09 Å². The van der Waals surface area contributed by atoms with E-state index in [1.807, 2.05) is 84.9 Å². The topological polar surface area (TPSA) is 131 Å². The predicted octanol–water partition coefficient (Wildman–Crippen LogP) is 5.39. The fourth-order valence-corrected chi connectivity index (χ4v) is 4.85. The van der Waals surface area contributed by atoms with Crippen LogP contribution in [0.1, 0.15) is 88.2 Å². The van der Waals surface area contributed by atoms with Crippen molar-refractivity contribution in [3.63, 3.8) is 0 Å². The molecule has 0 heterocycles. The third kappa shape index (κ3) is 9.06. The van der Waals surface area contributed by atoms with Crippen LogP contribution in [0.15, 0.2) is 36.4 Å². The Morgan fingerprint density at radius 2 is 1.34 bits per heavy atom. The summed E-state index contributed by atoms with van der Waals surface area (Å²) in [7, 11) is 0. The fraction of sp³-hybridized carbons (Fsp3) is 0.500. The predicted molar refractivity (Wildman–Crippen MR) is 161 cm³/mol. The van der Waals surface area contributed by atoms with Crippen molar-refractivity contribution in [3.05, 3.63) is 64.2 Å². The monoisotopic (exact) mass is 566 g/mol. The second-order valence-corrected chi connectivity index (χ2v) is 12.5. The normalized spacial score (nSPS) is 13.1. The minimum absolute atomic E-state index is 0.0576. The lowest BCUT2D eigenvalue weighted by Crippen LogP contribution is -2.58. The van der Waals surface area contributed by atoms with Gasteiger partial charge in [-0.15, -0.1) is 0 Å². The number of ether oxygens (including phenoxy) is 1. The maximum absolute atomic E-state index is 14.5. The largest absolute Gasteiger partial charge is 0.444 e. The van der Waals surface area contributed by atoms with E-state index >= 15 is 0 Å². The van der Waals surface area contributed by atoms with E-state index in [0.29, 0.717) is 11.3 Å². The molecule has 9 heteroatoms. The highest BCUT2D eigenvalue weighted by atomic mass is 16.6. The van der Waals surface area contributed by atoms with E-state index in [-0.39, 0.29) is 12.8 Å². The lowest BCUT2D eigenvalue weighted by Gasteiger charge is -2.44. The molecule has 4 N–H and O–H groups in total. The zero-order chi connectivity index (χ0) is 31.3. The van der Waals surface area contributed by atoms with Gasteiger partial charge in [-0.25, -0.2) is 4.79 Å². The highest BCUT2D eigenvalue weighted by Gasteiger charge is 2.43. The van der Waals surface area contributed by atoms with E-state index in [4.69, 9.17) is 10.5 Å². The summed E-state index contributed by atoms with van der Waals surface area (Å²) in [5.41, 5.74) is 8.53. The average molecular weight is 567 g/mol. The van der Waals surface area contributed by atoms with Crippen LogP contribution in [0.4, 0.5) is 10.5 Å². The number of aryl methyl sites for hydroxylation is 4. The second-order valence-electron chi connectivity index (χ2n) is 12.5. The smallest absolute Gasteiger partial charge is 0.408 e. The van der Waals surface area contributed by atoms with Gasteiger partial charge in [0.15, 0.2) is 0 Å². The Labute approximate surface area is 244 Å². The molecule has 2 unspecified atom stereocenters. The number of primary amides is 1. The van der Waals surface area contributed by atoms with Crippen LogP contribution in [-0.4, -0.2) is 45.9 Å². The van der Waals surface area contributed by atoms with E-state index in [2.05, 4.69) is 10.6 Å². The van der Waals surface area contributed by atoms with E-state index in [0.717, 1.165) is 22.3 Å². The molecule has 2 rings (SSSR count). The number of hydrogen-bond acceptors (Lipinski definition) is 5. The number of alkyl carbamates (subject to hydrolysis) is 1. The number of carbonyl (C=O) groups excluding carboxylic acids is 4. The molecule has 9 nitrogen and oxygen atoms in total. The Hall–Kier alpha value is -3.88. The van der Waals surface area contributed by atoms with Crippen molar-refractivity contribution in [2.24, 2.45) is 5.73 Å². The molecule has 0 spiro atoms. The molecule has 0 saturated heterocycles. The number of hydrogen-bond donors (Lipinski definition) is 3. The Morgan fingerprint density at radius 3 is 1.78 bits per heavy atom. The summed E-state index contributed by atoms with van der Waals surface area (Å²) < 4.78 is 5.41. The summed E-state index contributed by atoms with van der Waals surface area (Å²) in [6.45, 7) is 18.2. The molecular formula is C32H46N4O5. The van der Waals surface area contributed by atoms with Crippen molar-refractivity contribution >= 4 is 29.5 Å². The summed E-state index contributed by atoms with van der Waals surface area (Å²) >= 11 is 0. The fourth-order valence-electron chi connectivity index (χ4n) is 4.85. The van der Waals surface area contributed by atoms with Gasteiger partial charge in [0, 0.05) is 17.6 Å². The van der Waals surface area contributed by atoms with E-state index in [1.54, 1.807) is 20.8 Å². The first-order valence-electron chi connectivity index (χ1n) is 13.9. The van der Waals surface area contributed by atoms with Crippen molar-refractivity contribution in [1.29, 1.82) is 0 Å². The molecule has 2 aromatic carbocycles. The van der Waals surface area contributed by atoms with Crippen LogP contribution in [-0.2, 0) is 19.1 Å². The number of carbonyl (C=O) groups is 4. The molecule has 0 bridgehead atoms. The second kappa shape index (κ2) is 13.2. The molecule has 224 valence electrons. The minimum Gasteiger partial charge on any atom is -0.444 e. The number of benzene rings is 2. The Balaban J connectivity index is 2.71. The van der Waals surface area contributed by atoms with E-state index in [9.17, 15) is 19.2 Å². The van der Waals surface area contributed by atoms with Gasteiger partial charge in [-0.05, 0) is 103 Å². The van der Waals surface area contributed by atoms with Crippen molar-refractivity contribution in [2.45, 2.75) is 105 Å². The highest BCUT2D eigenvalue weighted by Crippen LogP contribution is 2.35. The van der Waals surface area contributed by atoms with Crippen molar-refractivity contribution in [3.8, 4) is 0 Å². The molecule has 0 aliphatic carbocycles. The van der Waals surface area contributed by atoms with Gasteiger partial charge in [-0.1, -0.05) is 36.4 Å². The zero-order valence-corrected chi connectivity index (χ0v) is 26.1. The first-order chi connectivity index (χ1) is 18.8. The number of rotatable bonds is 9. The van der Waals surface area contributed by atoms with Gasteiger partial charge in [-0.3, -0.25) is 14.4 Å². The molecule has 0 fully saturated rings. The first kappa shape index (κ1) is 33.3. The summed E-state index contributed by atoms with van der Waals surface area (Å²) in [5, 5.41) is 5.71. The zero-order valence-electron chi connectivity index (χ0n) is 26.1. The number of anilines is 1. The summed E-state index contributed by atoms with van der Waals surface area (Å²) in [5.74, 6) is -1.54. The lowest BCUT2D eigenvalue weighted by atomic mass is 9.89. The third-order valence-electron chi connectivity index (χ3n) is 6.68. The lowest BCUT2D eigenvalue weighted by molar-refractivity contribution is -0.147. The third-order valence-corrected chi connectivity index (χ3v) is 6.68. The van der Waals surface area contributed by atoms with Crippen molar-refractivity contribution < 1.29 is 23.9 Å². The number of para-hydroxylation sites is 1. The summed E-state index contributed by atoms with van der Waals surface area (Å²) in [6.07, 6.45) is -1.01. The van der Waals surface area contributed by atoms with Crippen LogP contribution >= 0.6 is 0 Å². The molecule has 0 aromatic heterocycles. The Bertz CT molecular complexity index is 1250. The Kier molecular flexibility index (Phi) is 10.7. The van der Waals surface area contributed by atoms with Crippen LogP contribution in [0.2, 0.25) is 0 Å². The van der Waals surface area contributed by atoms with Crippen molar-refractivity contribution in [1.82, 2.24) is 10.2 Å². The first-order valence-corrected chi connectivity index (χ1v) is 13.9. The molecule has 0 radical (unpaired) electrons. The maximum Gasteiger partial charge on any atom is 0.408 e. The Morgan fingerprint density at radius 1 is 0.854 bits per heavy atom. The molecular weight excluding hydrogens is 520 g/mol. The molecule has 41 heavy (non-hydrogen) atoms. The quantitative estimate of drug-likeness (QED) is 0.375. The number of amides is 4. The SMILES string of the molecule is Cc1cccc(C)c1NC(=O)C(c1c(C)cccc1C)N(C(=O)C(CCC(N)=O)NC(=O)OC(C)(C)C)C(C)(C)C. The molecule has 0 aliphatic heterocycles. The molecule has 2 atom stereocenters. The van der Waals surface area contributed by atoms with Crippen LogP contribution in [0.5, 0.6) is 0 Å². The van der Waals surface area contributed by atoms with Crippen molar-refractivity contribution in [2.75, 3.05) is 5.32 Å². The van der Waals surface area contributed by atoms with Crippen LogP contribution in [0, 0.1) is 27.7 Å². The molecule has 0 aliphatic rings. The van der Waals surface area contributed by atoms with Crippen LogP contribution < -0.4 is 16.4 Å². The van der Waals surface area contributed by atoms with Gasteiger partial charge in [0.1, 0.15) is 17.7 Å². The van der Waals surface area contributed by atoms with Gasteiger partial charge in [0.05, 0.1) is 0 Å². The van der Waals surface area contributed by atoms with Crippen LogP contribution in [0.3, 0.4) is 0 Å². The van der Waals surface area contributed by atoms with Gasteiger partial charge in [0.2, 0.25) is 11.8 Å². The minimum atomic E-state index is -1.17. The van der Waals surface area contributed by atoms with Gasteiger partial charge in [-0.2, -0.15) is 0 Å². The molecule has 2 aromatic rings. The standard InChI is InChI=1S/C32H46N4O5/c1-19-13-11-14-20(2)25(19)27(28(38)35-26-21(3)15-12-16-22(26)4)36(31(5,6)7)29(39)23(17-18-24(33)37)34-30(40)41-32(8,9)10/h11-16,23,27H,17-18H2,1-10H3,(H2,33,37)(H,34,40)(H,35,38). The molecule has 4 amide bonds. The maximum atomic E-state index is 14.5. The van der Waals surface area contributed by atoms with E-state index < -0.39 is 47.0 Å². The number of nitrogens with one attached hydrogen (secondary N) is 2. The van der Waals surface area contributed by atoms with Gasteiger partial charge < -0.3 is 26.0 Å². The van der Waals surface area contributed by atoms with Crippen LogP contribution in [0.25, 0.3) is 0 Å². The highest BCUT2D eigenvalue weighted by molar-refractivity contribution is 6.00. The average Bonchev–Trinajstić information content (AvgIpc) is 2.80. The van der Waals surface area contributed by atoms with E-state index in [1.165, 1.54) is 4.90 Å². The summed E-state index contributed by atoms with van der Waals surface area (Å²) in [4.78, 5) is 54.8. The number of nitrogens with zero attached hydrogens (tertiary/aromatic N) is 1. The molecule has 0 saturated carbocycles. The number of nitrogens with two attached hydrogens (primary N) is 1.